The maximum absolute atomic E-state index is 11.6. The maximum atomic E-state index is 11.6. The first-order valence-electron chi connectivity index (χ1n) is 9.00. The largest absolute Gasteiger partial charge is 0.493 e. The van der Waals surface area contributed by atoms with E-state index < -0.39 is 0 Å². The Balaban J connectivity index is 1.57. The Morgan fingerprint density at radius 3 is 2.17 bits per heavy atom. The van der Waals surface area contributed by atoms with Crippen LogP contribution in [0.15, 0.2) is 36.9 Å². The van der Waals surface area contributed by atoms with Crippen molar-refractivity contribution in [3.8, 4) is 5.75 Å². The second kappa shape index (κ2) is 6.51. The van der Waals surface area contributed by atoms with Crippen molar-refractivity contribution < 1.29 is 9.53 Å². The van der Waals surface area contributed by atoms with Crippen LogP contribution in [0.2, 0.25) is 0 Å². The molecule has 3 saturated carbocycles. The first kappa shape index (κ1) is 16.3. The fourth-order valence-corrected chi connectivity index (χ4v) is 4.53. The van der Waals surface area contributed by atoms with Crippen LogP contribution in [-0.2, 0) is 0 Å². The van der Waals surface area contributed by atoms with Gasteiger partial charge in [-0.2, -0.15) is 0 Å². The minimum Gasteiger partial charge on any atom is -0.493 e. The van der Waals surface area contributed by atoms with Gasteiger partial charge in [-0.1, -0.05) is 19.9 Å². The van der Waals surface area contributed by atoms with Crippen LogP contribution in [0.1, 0.15) is 68.6 Å². The fraction of sp³-hybridized carbons (Fsp3) is 0.571. The predicted molar refractivity (Wildman–Crippen MR) is 93.9 cm³/mol. The number of hydrogen-bond acceptors (Lipinski definition) is 2. The minimum atomic E-state index is -0.0398. The minimum absolute atomic E-state index is 0.0398. The number of carbonyl (C=O) groups is 1. The molecule has 0 spiro atoms. The first-order chi connectivity index (χ1) is 11.1. The highest BCUT2D eigenvalue weighted by molar-refractivity contribution is 6.04. The zero-order valence-electron chi connectivity index (χ0n) is 14.3. The van der Waals surface area contributed by atoms with Gasteiger partial charge in [-0.25, -0.2) is 0 Å². The van der Waals surface area contributed by atoms with Crippen molar-refractivity contribution in [1.82, 2.24) is 0 Å². The van der Waals surface area contributed by atoms with Crippen molar-refractivity contribution in [2.45, 2.75) is 58.3 Å². The molecule has 2 nitrogen and oxygen atoms in total. The smallest absolute Gasteiger partial charge is 0.185 e. The summed E-state index contributed by atoms with van der Waals surface area (Å²) in [4.78, 5) is 11.6. The lowest BCUT2D eigenvalue weighted by molar-refractivity contribution is -0.0401. The number of ether oxygens (including phenoxy) is 1. The summed E-state index contributed by atoms with van der Waals surface area (Å²) < 4.78 is 6.09. The van der Waals surface area contributed by atoms with Crippen LogP contribution in [0.5, 0.6) is 5.75 Å². The molecule has 0 unspecified atom stereocenters. The molecule has 3 fully saturated rings. The molecule has 124 valence electrons. The molecule has 0 aliphatic heterocycles. The second-order valence-corrected chi connectivity index (χ2v) is 7.63. The molecule has 3 aliphatic carbocycles. The van der Waals surface area contributed by atoms with Crippen LogP contribution < -0.4 is 4.74 Å². The third kappa shape index (κ3) is 3.36. The van der Waals surface area contributed by atoms with Gasteiger partial charge >= 0.3 is 0 Å². The number of ketones is 1. The monoisotopic (exact) mass is 312 g/mol. The first-order valence-corrected chi connectivity index (χ1v) is 9.00. The van der Waals surface area contributed by atoms with Crippen LogP contribution in [0, 0.1) is 10.8 Å². The van der Waals surface area contributed by atoms with Crippen molar-refractivity contribution >= 4 is 5.78 Å². The molecule has 2 heteroatoms. The van der Waals surface area contributed by atoms with Crippen LogP contribution in [0.25, 0.3) is 0 Å². The Hall–Kier alpha value is -1.57. The topological polar surface area (TPSA) is 26.3 Å². The molecule has 0 amide bonds. The van der Waals surface area contributed by atoms with Crippen molar-refractivity contribution in [2.24, 2.45) is 10.8 Å². The van der Waals surface area contributed by atoms with Gasteiger partial charge in [-0.3, -0.25) is 4.79 Å². The van der Waals surface area contributed by atoms with E-state index in [0.717, 1.165) is 12.4 Å². The second-order valence-electron chi connectivity index (χ2n) is 7.63. The van der Waals surface area contributed by atoms with Crippen LogP contribution >= 0.6 is 0 Å². The van der Waals surface area contributed by atoms with Gasteiger partial charge in [0.05, 0.1) is 6.61 Å². The summed E-state index contributed by atoms with van der Waals surface area (Å²) in [5, 5.41) is 0. The lowest BCUT2D eigenvalue weighted by Gasteiger charge is -2.53. The average molecular weight is 312 g/mol. The van der Waals surface area contributed by atoms with Crippen LogP contribution in [0.3, 0.4) is 0 Å². The fourth-order valence-electron chi connectivity index (χ4n) is 4.53. The number of carbonyl (C=O) groups excluding carboxylic acids is 1. The van der Waals surface area contributed by atoms with Crippen molar-refractivity contribution in [3.05, 3.63) is 42.5 Å². The zero-order valence-corrected chi connectivity index (χ0v) is 14.3. The van der Waals surface area contributed by atoms with Gasteiger partial charge in [0.15, 0.2) is 5.78 Å². The molecule has 0 radical (unpaired) electrons. The van der Waals surface area contributed by atoms with Crippen molar-refractivity contribution in [2.75, 3.05) is 6.61 Å². The summed E-state index contributed by atoms with van der Waals surface area (Å²) >= 11 is 0. The van der Waals surface area contributed by atoms with E-state index >= 15 is 0 Å². The maximum Gasteiger partial charge on any atom is 0.185 e. The van der Waals surface area contributed by atoms with E-state index in [2.05, 4.69) is 13.5 Å². The quantitative estimate of drug-likeness (QED) is 0.485. The van der Waals surface area contributed by atoms with Crippen LogP contribution in [0.4, 0.5) is 0 Å². The highest BCUT2D eigenvalue weighted by Crippen LogP contribution is 2.58. The molecular formula is C21H28O2. The Morgan fingerprint density at radius 1 is 1.09 bits per heavy atom. The van der Waals surface area contributed by atoms with E-state index in [9.17, 15) is 4.79 Å². The molecular weight excluding hydrogens is 284 g/mol. The third-order valence-corrected chi connectivity index (χ3v) is 6.21. The summed E-state index contributed by atoms with van der Waals surface area (Å²) in [5.74, 6) is 0.831. The SMILES string of the molecule is C=CC(=O)c1ccc(OCC23CCC(CCC)(CC2)CC3)cc1. The molecule has 0 N–H and O–H groups in total. The van der Waals surface area contributed by atoms with Gasteiger partial charge in [0.25, 0.3) is 0 Å². The van der Waals surface area contributed by atoms with E-state index in [1.807, 2.05) is 24.3 Å². The molecule has 2 bridgehead atoms. The normalized spacial score (nSPS) is 29.3. The van der Waals surface area contributed by atoms with E-state index in [0.29, 0.717) is 16.4 Å². The third-order valence-electron chi connectivity index (χ3n) is 6.21. The Labute approximate surface area is 139 Å². The average Bonchev–Trinajstić information content (AvgIpc) is 2.62. The van der Waals surface area contributed by atoms with E-state index in [1.165, 1.54) is 57.4 Å². The Bertz CT molecular complexity index is 545. The number of rotatable bonds is 7. The molecule has 3 aliphatic rings. The van der Waals surface area contributed by atoms with Gasteiger partial charge in [-0.15, -0.1) is 0 Å². The molecule has 4 rings (SSSR count). The predicted octanol–water partition coefficient (Wildman–Crippen LogP) is 5.57. The highest BCUT2D eigenvalue weighted by Gasteiger charge is 2.48. The van der Waals surface area contributed by atoms with Gasteiger partial charge in [-0.05, 0) is 80.7 Å². The van der Waals surface area contributed by atoms with Gasteiger partial charge in [0.1, 0.15) is 5.75 Å². The molecule has 0 heterocycles. The molecule has 0 saturated heterocycles. The van der Waals surface area contributed by atoms with E-state index in [4.69, 9.17) is 4.74 Å². The summed E-state index contributed by atoms with van der Waals surface area (Å²) in [6, 6.07) is 7.46. The number of fused-ring (bicyclic) bond motifs is 3. The number of hydrogen-bond donors (Lipinski definition) is 0. The zero-order chi connectivity index (χ0) is 16.3. The Kier molecular flexibility index (Phi) is 4.61. The van der Waals surface area contributed by atoms with Crippen molar-refractivity contribution in [3.63, 3.8) is 0 Å². The van der Waals surface area contributed by atoms with E-state index in [1.54, 1.807) is 0 Å². The van der Waals surface area contributed by atoms with E-state index in [-0.39, 0.29) is 5.78 Å². The molecule has 1 aromatic carbocycles. The lowest BCUT2D eigenvalue weighted by Crippen LogP contribution is -2.44. The van der Waals surface area contributed by atoms with Crippen LogP contribution in [-0.4, -0.2) is 12.4 Å². The Morgan fingerprint density at radius 2 is 1.65 bits per heavy atom. The summed E-state index contributed by atoms with van der Waals surface area (Å²) in [5.41, 5.74) is 1.72. The van der Waals surface area contributed by atoms with Gasteiger partial charge in [0, 0.05) is 11.0 Å². The number of allylic oxidation sites excluding steroid dienone is 1. The summed E-state index contributed by atoms with van der Waals surface area (Å²) in [6.07, 6.45) is 12.2. The molecule has 23 heavy (non-hydrogen) atoms. The lowest BCUT2D eigenvalue weighted by atomic mass is 9.53. The van der Waals surface area contributed by atoms with Crippen molar-refractivity contribution in [1.29, 1.82) is 0 Å². The van der Waals surface area contributed by atoms with Gasteiger partial charge < -0.3 is 4.74 Å². The molecule has 0 atom stereocenters. The highest BCUT2D eigenvalue weighted by atomic mass is 16.5. The molecule has 1 aromatic rings. The standard InChI is InChI=1S/C21H28O2/c1-3-9-20-10-13-21(14-11-20,15-12-20)16-23-18-7-5-17(6-8-18)19(22)4-2/h4-8H,2-3,9-16H2,1H3. The summed E-state index contributed by atoms with van der Waals surface area (Å²) in [7, 11) is 0. The van der Waals surface area contributed by atoms with Gasteiger partial charge in [0.2, 0.25) is 0 Å². The summed E-state index contributed by atoms with van der Waals surface area (Å²) in [6.45, 7) is 6.66. The molecule has 0 aromatic heterocycles. The number of benzene rings is 1.